The fourth-order valence-electron chi connectivity index (χ4n) is 2.43. The van der Waals surface area contributed by atoms with Crippen LogP contribution in [0.1, 0.15) is 32.6 Å². The summed E-state index contributed by atoms with van der Waals surface area (Å²) >= 11 is 5.82. The van der Waals surface area contributed by atoms with E-state index >= 15 is 0 Å². The molecule has 0 spiro atoms. The van der Waals surface area contributed by atoms with E-state index in [0.29, 0.717) is 5.92 Å². The molecule has 2 rings (SSSR count). The molecule has 1 heterocycles. The van der Waals surface area contributed by atoms with Crippen molar-refractivity contribution >= 4 is 21.6 Å². The first kappa shape index (κ1) is 13.8. The van der Waals surface area contributed by atoms with E-state index in [4.69, 9.17) is 11.6 Å². The summed E-state index contributed by atoms with van der Waals surface area (Å²) < 4.78 is 27.1. The van der Waals surface area contributed by atoms with Crippen molar-refractivity contribution in [1.29, 1.82) is 0 Å². The molecular weight excluding hydrogens is 272 g/mol. The molecule has 6 heteroatoms. The molecule has 18 heavy (non-hydrogen) atoms. The quantitative estimate of drug-likeness (QED) is 0.867. The van der Waals surface area contributed by atoms with Gasteiger partial charge in [-0.15, -0.1) is 0 Å². The molecule has 0 aliphatic heterocycles. The van der Waals surface area contributed by atoms with E-state index in [-0.39, 0.29) is 16.1 Å². The topological polar surface area (TPSA) is 59.1 Å². The van der Waals surface area contributed by atoms with Crippen LogP contribution < -0.4 is 4.72 Å². The summed E-state index contributed by atoms with van der Waals surface area (Å²) in [5, 5.41) is 0.0172. The molecule has 4 nitrogen and oxygen atoms in total. The molecule has 0 saturated heterocycles. The highest BCUT2D eigenvalue weighted by Crippen LogP contribution is 2.28. The first-order valence-electron chi connectivity index (χ1n) is 6.13. The fourth-order valence-corrected chi connectivity index (χ4v) is 4.20. The smallest absolute Gasteiger partial charge is 0.243 e. The molecule has 0 aromatic carbocycles. The lowest BCUT2D eigenvalue weighted by Gasteiger charge is -2.20. The summed E-state index contributed by atoms with van der Waals surface area (Å²) in [5.74, 6) is 0.426. The van der Waals surface area contributed by atoms with Crippen LogP contribution in [-0.4, -0.2) is 19.4 Å². The average molecular weight is 289 g/mol. The van der Waals surface area contributed by atoms with Crippen molar-refractivity contribution in [2.75, 3.05) is 0 Å². The lowest BCUT2D eigenvalue weighted by Crippen LogP contribution is -2.37. The number of aromatic nitrogens is 1. The van der Waals surface area contributed by atoms with Crippen LogP contribution in [0, 0.1) is 5.92 Å². The Labute approximate surface area is 113 Å². The molecule has 1 N–H and O–H groups in total. The lowest BCUT2D eigenvalue weighted by atomic mass is 10.0. The van der Waals surface area contributed by atoms with Crippen LogP contribution in [0.2, 0.25) is 5.15 Å². The number of halogens is 1. The Bertz CT molecular complexity index is 513. The normalized spacial score (nSPS) is 19.0. The Morgan fingerprint density at radius 1 is 1.44 bits per heavy atom. The Balaban J connectivity index is 2.14. The van der Waals surface area contributed by atoms with Crippen molar-refractivity contribution in [3.8, 4) is 0 Å². The summed E-state index contributed by atoms with van der Waals surface area (Å²) in [6.07, 6.45) is 6.02. The third-order valence-electron chi connectivity index (χ3n) is 3.46. The maximum atomic E-state index is 12.2. The van der Waals surface area contributed by atoms with Gasteiger partial charge in [-0.3, -0.25) is 0 Å². The van der Waals surface area contributed by atoms with Crippen LogP contribution >= 0.6 is 11.6 Å². The van der Waals surface area contributed by atoms with Crippen molar-refractivity contribution in [1.82, 2.24) is 9.71 Å². The number of hydrogen-bond donors (Lipinski definition) is 1. The molecule has 0 radical (unpaired) electrons. The van der Waals surface area contributed by atoms with Gasteiger partial charge in [-0.1, -0.05) is 24.4 Å². The van der Waals surface area contributed by atoms with E-state index in [2.05, 4.69) is 9.71 Å². The standard InChI is InChI=1S/C12H17ClN2O2S/c1-9(10-5-2-3-6-10)15-18(16,17)11-7-4-8-14-12(11)13/h4,7-10,15H,2-3,5-6H2,1H3. The minimum absolute atomic E-state index is 0.0172. The maximum absolute atomic E-state index is 12.2. The summed E-state index contributed by atoms with van der Waals surface area (Å²) in [7, 11) is -3.57. The minimum Gasteiger partial charge on any atom is -0.243 e. The zero-order chi connectivity index (χ0) is 13.2. The molecule has 0 amide bonds. The zero-order valence-corrected chi connectivity index (χ0v) is 11.8. The SMILES string of the molecule is CC(NS(=O)(=O)c1cccnc1Cl)C1CCCC1. The summed E-state index contributed by atoms with van der Waals surface area (Å²) in [5.41, 5.74) is 0. The monoisotopic (exact) mass is 288 g/mol. The summed E-state index contributed by atoms with van der Waals surface area (Å²) in [6.45, 7) is 1.91. The molecule has 0 bridgehead atoms. The van der Waals surface area contributed by atoms with Crippen LogP contribution in [0.5, 0.6) is 0 Å². The molecule has 1 atom stereocenters. The number of rotatable bonds is 4. The lowest BCUT2D eigenvalue weighted by molar-refractivity contribution is 0.424. The van der Waals surface area contributed by atoms with Gasteiger partial charge in [0.05, 0.1) is 0 Å². The van der Waals surface area contributed by atoms with E-state index in [1.165, 1.54) is 25.1 Å². The molecule has 1 aromatic heterocycles. The van der Waals surface area contributed by atoms with Gasteiger partial charge in [-0.05, 0) is 37.8 Å². The first-order valence-corrected chi connectivity index (χ1v) is 7.99. The van der Waals surface area contributed by atoms with Gasteiger partial charge in [0.1, 0.15) is 10.0 Å². The Kier molecular flexibility index (Phi) is 4.25. The van der Waals surface area contributed by atoms with E-state index in [1.807, 2.05) is 6.92 Å². The summed E-state index contributed by atoms with van der Waals surface area (Å²) in [4.78, 5) is 3.85. The number of hydrogen-bond acceptors (Lipinski definition) is 3. The van der Waals surface area contributed by atoms with E-state index in [1.54, 1.807) is 6.07 Å². The van der Waals surface area contributed by atoms with E-state index < -0.39 is 10.0 Å². The molecule has 100 valence electrons. The second kappa shape index (κ2) is 5.55. The molecule has 1 unspecified atom stereocenters. The van der Waals surface area contributed by atoms with Gasteiger partial charge in [0.25, 0.3) is 0 Å². The van der Waals surface area contributed by atoms with Crippen LogP contribution in [0.25, 0.3) is 0 Å². The van der Waals surface area contributed by atoms with Crippen molar-refractivity contribution in [3.63, 3.8) is 0 Å². The van der Waals surface area contributed by atoms with Gasteiger partial charge in [0, 0.05) is 12.2 Å². The van der Waals surface area contributed by atoms with E-state index in [0.717, 1.165) is 12.8 Å². The van der Waals surface area contributed by atoms with E-state index in [9.17, 15) is 8.42 Å². The van der Waals surface area contributed by atoms with Crippen molar-refractivity contribution in [3.05, 3.63) is 23.5 Å². The van der Waals surface area contributed by atoms with Crippen molar-refractivity contribution in [2.24, 2.45) is 5.92 Å². The van der Waals surface area contributed by atoms with Crippen LogP contribution in [0.15, 0.2) is 23.2 Å². The van der Waals surface area contributed by atoms with Crippen molar-refractivity contribution < 1.29 is 8.42 Å². The predicted molar refractivity (Wildman–Crippen MR) is 71.0 cm³/mol. The Morgan fingerprint density at radius 2 is 2.11 bits per heavy atom. The maximum Gasteiger partial charge on any atom is 0.243 e. The molecular formula is C12H17ClN2O2S. The molecule has 1 aliphatic carbocycles. The second-order valence-corrected chi connectivity index (χ2v) is 6.79. The average Bonchev–Trinajstić information content (AvgIpc) is 2.82. The zero-order valence-electron chi connectivity index (χ0n) is 10.3. The van der Waals surface area contributed by atoms with Gasteiger partial charge >= 0.3 is 0 Å². The summed E-state index contributed by atoms with van der Waals surface area (Å²) in [6, 6.07) is 2.98. The third-order valence-corrected chi connectivity index (χ3v) is 5.47. The molecule has 1 fully saturated rings. The fraction of sp³-hybridized carbons (Fsp3) is 0.583. The van der Waals surface area contributed by atoms with Crippen molar-refractivity contribution in [2.45, 2.75) is 43.5 Å². The Morgan fingerprint density at radius 3 is 2.72 bits per heavy atom. The highest BCUT2D eigenvalue weighted by Gasteiger charge is 2.27. The van der Waals surface area contributed by atoms with Crippen LogP contribution in [-0.2, 0) is 10.0 Å². The van der Waals surface area contributed by atoms with Gasteiger partial charge < -0.3 is 0 Å². The minimum atomic E-state index is -3.57. The van der Waals surface area contributed by atoms with Crippen LogP contribution in [0.3, 0.4) is 0 Å². The highest BCUT2D eigenvalue weighted by atomic mass is 35.5. The van der Waals surface area contributed by atoms with Gasteiger partial charge in [-0.25, -0.2) is 18.1 Å². The highest BCUT2D eigenvalue weighted by molar-refractivity contribution is 7.89. The third kappa shape index (κ3) is 3.02. The largest absolute Gasteiger partial charge is 0.243 e. The molecule has 1 aromatic rings. The van der Waals surface area contributed by atoms with Gasteiger partial charge in [-0.2, -0.15) is 0 Å². The Hall–Kier alpha value is -0.650. The second-order valence-electron chi connectivity index (χ2n) is 4.75. The number of nitrogens with one attached hydrogen (secondary N) is 1. The first-order chi connectivity index (χ1) is 8.50. The number of pyridine rings is 1. The number of nitrogens with zero attached hydrogens (tertiary/aromatic N) is 1. The number of sulfonamides is 1. The molecule has 1 aliphatic rings. The molecule has 1 saturated carbocycles. The van der Waals surface area contributed by atoms with Gasteiger partial charge in [0.15, 0.2) is 0 Å². The van der Waals surface area contributed by atoms with Crippen LogP contribution in [0.4, 0.5) is 0 Å². The van der Waals surface area contributed by atoms with Gasteiger partial charge in [0.2, 0.25) is 10.0 Å². The predicted octanol–water partition coefficient (Wildman–Crippen LogP) is 2.59.